The summed E-state index contributed by atoms with van der Waals surface area (Å²) in [7, 11) is 0. The van der Waals surface area contributed by atoms with E-state index in [1.165, 1.54) is 22.9 Å². The number of nitrogens with zero attached hydrogens (tertiary/aromatic N) is 1. The molecule has 2 N–H and O–H groups in total. The van der Waals surface area contributed by atoms with Gasteiger partial charge in [0.25, 0.3) is 0 Å². The van der Waals surface area contributed by atoms with Crippen LogP contribution in [-0.4, -0.2) is 4.98 Å². The minimum atomic E-state index is -0.237. The van der Waals surface area contributed by atoms with Gasteiger partial charge < -0.3 is 22.5 Å². The van der Waals surface area contributed by atoms with Crippen molar-refractivity contribution in [2.24, 2.45) is 0 Å². The van der Waals surface area contributed by atoms with Crippen LogP contribution >= 0.6 is 0 Å². The summed E-state index contributed by atoms with van der Waals surface area (Å²) in [6.45, 7) is 2.00. The molecular weight excluding hydrogens is 387 g/mol. The van der Waals surface area contributed by atoms with Crippen molar-refractivity contribution in [3.8, 4) is 5.75 Å². The van der Waals surface area contributed by atoms with Gasteiger partial charge in [-0.05, 0) is 46.7 Å². The Hall–Kier alpha value is -2.95. The van der Waals surface area contributed by atoms with Crippen LogP contribution in [0.25, 0.3) is 10.8 Å². The zero-order chi connectivity index (χ0) is 19.2. The van der Waals surface area contributed by atoms with Crippen molar-refractivity contribution < 1.29 is 26.9 Å². The topological polar surface area (TPSA) is 38.7 Å². The maximum atomic E-state index is 13.1. The van der Waals surface area contributed by atoms with E-state index in [2.05, 4.69) is 28.5 Å². The average molecular weight is 409 g/mol. The highest BCUT2D eigenvalue weighted by Gasteiger charge is 2.11. The van der Waals surface area contributed by atoms with Gasteiger partial charge in [0.15, 0.2) is 0 Å². The Morgan fingerprint density at radius 1 is 0.828 bits per heavy atom. The highest BCUT2D eigenvalue weighted by atomic mass is 35.5. The number of pyridine rings is 1. The zero-order valence-corrected chi connectivity index (χ0v) is 16.6. The smallest absolute Gasteiger partial charge is 0.129 e. The van der Waals surface area contributed by atoms with E-state index in [-0.39, 0.29) is 18.2 Å². The minimum Gasteiger partial charge on any atom is -1.00 e. The molecule has 148 valence electrons. The molecule has 0 atom stereocenters. The second kappa shape index (κ2) is 10.0. The largest absolute Gasteiger partial charge is 1.00 e. The molecule has 29 heavy (non-hydrogen) atoms. The summed E-state index contributed by atoms with van der Waals surface area (Å²) < 4.78 is 19.2. The number of ether oxygens (including phenoxy) is 1. The summed E-state index contributed by atoms with van der Waals surface area (Å²) >= 11 is 0. The molecule has 0 saturated carbocycles. The summed E-state index contributed by atoms with van der Waals surface area (Å²) in [5.74, 6) is 0.625. The minimum absolute atomic E-state index is 0. The number of quaternary nitrogens is 1. The third-order valence-electron chi connectivity index (χ3n) is 4.73. The zero-order valence-electron chi connectivity index (χ0n) is 15.9. The predicted octanol–water partition coefficient (Wildman–Crippen LogP) is 1.22. The van der Waals surface area contributed by atoms with Gasteiger partial charge in [-0.1, -0.05) is 48.5 Å². The Bertz CT molecular complexity index is 1060. The lowest BCUT2D eigenvalue weighted by Crippen LogP contribution is -3.00. The van der Waals surface area contributed by atoms with Crippen molar-refractivity contribution in [3.05, 3.63) is 108 Å². The van der Waals surface area contributed by atoms with Crippen molar-refractivity contribution in [2.75, 3.05) is 0 Å². The van der Waals surface area contributed by atoms with Crippen LogP contribution in [0.4, 0.5) is 4.39 Å². The van der Waals surface area contributed by atoms with E-state index in [0.717, 1.165) is 35.7 Å². The number of fused-ring (bicyclic) bond motifs is 1. The summed E-state index contributed by atoms with van der Waals surface area (Å²) in [4.78, 5) is 4.38. The fourth-order valence-corrected chi connectivity index (χ4v) is 3.29. The van der Waals surface area contributed by atoms with Crippen LogP contribution in [-0.2, 0) is 19.7 Å². The standard InChI is InChI=1S/C24H21FN2O.ClH/c25-20-11-8-18(9-12-20)17-28-24-13-10-19-5-1-2-7-22(19)23(24)16-26-15-21-6-3-4-14-27-21;/h1-14,26H,15-17H2;1H. The molecule has 0 saturated heterocycles. The summed E-state index contributed by atoms with van der Waals surface area (Å²) in [5.41, 5.74) is 3.16. The Morgan fingerprint density at radius 2 is 1.62 bits per heavy atom. The first-order valence-electron chi connectivity index (χ1n) is 9.39. The van der Waals surface area contributed by atoms with Crippen LogP contribution in [0, 0.1) is 5.82 Å². The maximum absolute atomic E-state index is 13.1. The van der Waals surface area contributed by atoms with Gasteiger partial charge in [0, 0.05) is 6.20 Å². The van der Waals surface area contributed by atoms with Gasteiger partial charge in [0.05, 0.1) is 11.3 Å². The number of rotatable bonds is 7. The van der Waals surface area contributed by atoms with Gasteiger partial charge >= 0.3 is 0 Å². The van der Waals surface area contributed by atoms with Crippen LogP contribution in [0.5, 0.6) is 5.75 Å². The van der Waals surface area contributed by atoms with Crippen molar-refractivity contribution in [3.63, 3.8) is 0 Å². The molecule has 0 bridgehead atoms. The summed E-state index contributed by atoms with van der Waals surface area (Å²) in [6, 6.07) is 24.8. The fraction of sp³-hybridized carbons (Fsp3) is 0.125. The molecule has 1 heterocycles. The molecule has 5 heteroatoms. The highest BCUT2D eigenvalue weighted by molar-refractivity contribution is 5.87. The second-order valence-electron chi connectivity index (χ2n) is 6.70. The first kappa shape index (κ1) is 20.8. The monoisotopic (exact) mass is 408 g/mol. The lowest BCUT2D eigenvalue weighted by atomic mass is 10.0. The summed E-state index contributed by atoms with van der Waals surface area (Å²) in [6.07, 6.45) is 1.82. The van der Waals surface area contributed by atoms with Crippen LogP contribution in [0.15, 0.2) is 85.1 Å². The molecule has 0 aliphatic rings. The molecule has 3 aromatic carbocycles. The first-order chi connectivity index (χ1) is 13.8. The maximum Gasteiger partial charge on any atom is 0.129 e. The Labute approximate surface area is 176 Å². The highest BCUT2D eigenvalue weighted by Crippen LogP contribution is 2.28. The molecule has 3 nitrogen and oxygen atoms in total. The molecule has 0 spiro atoms. The molecule has 0 unspecified atom stereocenters. The number of nitrogens with two attached hydrogens (primary N) is 1. The summed E-state index contributed by atoms with van der Waals surface area (Å²) in [5, 5.41) is 4.61. The number of halogens is 2. The van der Waals surface area contributed by atoms with E-state index >= 15 is 0 Å². The third-order valence-corrected chi connectivity index (χ3v) is 4.73. The number of hydrogen-bond acceptors (Lipinski definition) is 2. The number of aromatic nitrogens is 1. The fourth-order valence-electron chi connectivity index (χ4n) is 3.29. The SMILES string of the molecule is Fc1ccc(COc2ccc3ccccc3c2C[NH2+]Cc2ccccn2)cc1.[Cl-]. The van der Waals surface area contributed by atoms with Crippen molar-refractivity contribution in [1.29, 1.82) is 0 Å². The molecule has 0 aliphatic carbocycles. The average Bonchev–Trinajstić information content (AvgIpc) is 2.75. The van der Waals surface area contributed by atoms with E-state index in [0.29, 0.717) is 6.61 Å². The van der Waals surface area contributed by atoms with E-state index in [4.69, 9.17) is 4.74 Å². The molecule has 4 aromatic rings. The lowest BCUT2D eigenvalue weighted by molar-refractivity contribution is -0.686. The predicted molar refractivity (Wildman–Crippen MR) is 108 cm³/mol. The van der Waals surface area contributed by atoms with Crippen molar-refractivity contribution >= 4 is 10.8 Å². The van der Waals surface area contributed by atoms with Crippen molar-refractivity contribution in [2.45, 2.75) is 19.7 Å². The molecule has 0 amide bonds. The Kier molecular flexibility index (Phi) is 7.17. The third kappa shape index (κ3) is 5.31. The molecule has 1 aromatic heterocycles. The molecule has 0 aliphatic heterocycles. The number of benzene rings is 3. The van der Waals surface area contributed by atoms with Gasteiger partial charge in [-0.25, -0.2) is 4.39 Å². The molecule has 0 fully saturated rings. The van der Waals surface area contributed by atoms with Gasteiger partial charge in [-0.3, -0.25) is 4.98 Å². The van der Waals surface area contributed by atoms with E-state index in [1.54, 1.807) is 12.1 Å². The molecular formula is C24H22ClFN2O. The van der Waals surface area contributed by atoms with E-state index in [1.807, 2.05) is 42.6 Å². The van der Waals surface area contributed by atoms with Gasteiger partial charge in [-0.2, -0.15) is 0 Å². The van der Waals surface area contributed by atoms with Crippen LogP contribution in [0.1, 0.15) is 16.8 Å². The second-order valence-corrected chi connectivity index (χ2v) is 6.70. The molecule has 4 rings (SSSR count). The quantitative estimate of drug-likeness (QED) is 0.499. The van der Waals surface area contributed by atoms with E-state index < -0.39 is 0 Å². The van der Waals surface area contributed by atoms with Gasteiger partial charge in [-0.15, -0.1) is 0 Å². The van der Waals surface area contributed by atoms with Crippen LogP contribution in [0.2, 0.25) is 0 Å². The lowest BCUT2D eigenvalue weighted by Gasteiger charge is -2.14. The van der Waals surface area contributed by atoms with Crippen LogP contribution in [0.3, 0.4) is 0 Å². The molecule has 0 radical (unpaired) electrons. The number of hydrogen-bond donors (Lipinski definition) is 1. The van der Waals surface area contributed by atoms with E-state index in [9.17, 15) is 4.39 Å². The Balaban J connectivity index is 0.00000240. The van der Waals surface area contributed by atoms with Gasteiger partial charge in [0.1, 0.15) is 31.3 Å². The van der Waals surface area contributed by atoms with Crippen LogP contribution < -0.4 is 22.5 Å². The first-order valence-corrected chi connectivity index (χ1v) is 9.39. The van der Waals surface area contributed by atoms with Crippen molar-refractivity contribution in [1.82, 2.24) is 4.98 Å². The Morgan fingerprint density at radius 3 is 2.41 bits per heavy atom. The van der Waals surface area contributed by atoms with Gasteiger partial charge in [0.2, 0.25) is 0 Å². The normalized spacial score (nSPS) is 10.5.